The Kier molecular flexibility index (Phi) is 5.95. The number of amides is 2. The van der Waals surface area contributed by atoms with Gasteiger partial charge in [-0.2, -0.15) is 26.3 Å². The summed E-state index contributed by atoms with van der Waals surface area (Å²) in [6, 6.07) is 3.47. The summed E-state index contributed by atoms with van der Waals surface area (Å²) < 4.78 is 96.0. The smallest absolute Gasteiger partial charge is 0.437 e. The Morgan fingerprint density at radius 2 is 1.71 bits per heavy atom. The minimum atomic E-state index is -5.35. The molecule has 2 atom stereocenters. The minimum Gasteiger partial charge on any atom is -0.437 e. The van der Waals surface area contributed by atoms with Gasteiger partial charge in [0.25, 0.3) is 11.8 Å². The molecule has 2 amide bonds. The number of fused-ring (bicyclic) bond motifs is 2. The Bertz CT molecular complexity index is 1210. The number of carbonyl (C=O) groups is 3. The van der Waals surface area contributed by atoms with Crippen LogP contribution in [-0.2, 0) is 20.5 Å². The van der Waals surface area contributed by atoms with Crippen molar-refractivity contribution in [2.45, 2.75) is 24.6 Å². The van der Waals surface area contributed by atoms with E-state index in [4.69, 9.17) is 0 Å². The molecule has 0 aromatic heterocycles. The zero-order chi connectivity index (χ0) is 25.7. The van der Waals surface area contributed by atoms with Crippen molar-refractivity contribution in [2.24, 2.45) is 0 Å². The summed E-state index contributed by atoms with van der Waals surface area (Å²) in [5, 5.41) is 4.77. The molecule has 0 aliphatic carbocycles. The maximum Gasteiger partial charge on any atom is 0.490 e. The number of nitrogens with one attached hydrogen (secondary N) is 2. The fourth-order valence-electron chi connectivity index (χ4n) is 3.82. The van der Waals surface area contributed by atoms with Crippen LogP contribution in [0.2, 0.25) is 0 Å². The molecular weight excluding hydrogens is 491 g/mol. The predicted molar refractivity (Wildman–Crippen MR) is 104 cm³/mol. The van der Waals surface area contributed by atoms with Crippen LogP contribution in [0.5, 0.6) is 0 Å². The lowest BCUT2D eigenvalue weighted by Crippen LogP contribution is -2.64. The number of rotatable bonds is 2. The zero-order valence-electron chi connectivity index (χ0n) is 17.3. The first-order chi connectivity index (χ1) is 16.3. The summed E-state index contributed by atoms with van der Waals surface area (Å²) in [5.74, 6) is -5.42. The van der Waals surface area contributed by atoms with E-state index in [1.54, 1.807) is 0 Å². The zero-order valence-corrected chi connectivity index (χ0v) is 17.3. The standard InChI is InChI=1S/C21H14F7N3O4/c22-13-3-2-10(20(23,24)25)8-11(13)9-1-4-14-12(7-9)18(33)31-6-5-29-17(15(31)16(32)30-14)35-19(34)21(26,27)28/h1-4,7-8,15,17,29H,5-6H2,(H,30,32)/t15-,17?/m1/s1. The molecule has 1 unspecified atom stereocenters. The Labute approximate surface area is 191 Å². The summed E-state index contributed by atoms with van der Waals surface area (Å²) >= 11 is 0. The third-order valence-corrected chi connectivity index (χ3v) is 5.43. The van der Waals surface area contributed by atoms with E-state index in [0.29, 0.717) is 18.2 Å². The van der Waals surface area contributed by atoms with Gasteiger partial charge in [0.1, 0.15) is 5.82 Å². The van der Waals surface area contributed by atoms with Gasteiger partial charge < -0.3 is 15.0 Å². The first-order valence-corrected chi connectivity index (χ1v) is 9.91. The molecule has 2 aliphatic rings. The Morgan fingerprint density at radius 3 is 2.37 bits per heavy atom. The van der Waals surface area contributed by atoms with E-state index in [1.807, 2.05) is 0 Å². The van der Waals surface area contributed by atoms with Gasteiger partial charge in [-0.1, -0.05) is 6.07 Å². The topological polar surface area (TPSA) is 87.7 Å². The quantitative estimate of drug-likeness (QED) is 0.483. The van der Waals surface area contributed by atoms with Crippen molar-refractivity contribution >= 4 is 23.5 Å². The Hall–Kier alpha value is -3.68. The van der Waals surface area contributed by atoms with E-state index < -0.39 is 59.4 Å². The number of halogens is 7. The lowest BCUT2D eigenvalue weighted by atomic mass is 9.98. The number of anilines is 1. The van der Waals surface area contributed by atoms with Gasteiger partial charge in [0, 0.05) is 18.7 Å². The first kappa shape index (κ1) is 24.4. The Balaban J connectivity index is 1.71. The molecular formula is C21H14F7N3O4. The van der Waals surface area contributed by atoms with E-state index in [-0.39, 0.29) is 29.9 Å². The average Bonchev–Trinajstić information content (AvgIpc) is 2.87. The van der Waals surface area contributed by atoms with Gasteiger partial charge in [0.2, 0.25) is 0 Å². The highest BCUT2D eigenvalue weighted by Crippen LogP contribution is 2.36. The van der Waals surface area contributed by atoms with Gasteiger partial charge in [0.15, 0.2) is 12.3 Å². The van der Waals surface area contributed by atoms with Crippen molar-refractivity contribution in [1.29, 1.82) is 0 Å². The highest BCUT2D eigenvalue weighted by atomic mass is 19.4. The monoisotopic (exact) mass is 505 g/mol. The molecule has 0 spiro atoms. The van der Waals surface area contributed by atoms with Gasteiger partial charge in [-0.15, -0.1) is 0 Å². The van der Waals surface area contributed by atoms with E-state index in [9.17, 15) is 45.1 Å². The summed E-state index contributed by atoms with van der Waals surface area (Å²) in [5.41, 5.74) is -2.03. The molecule has 35 heavy (non-hydrogen) atoms. The van der Waals surface area contributed by atoms with Crippen LogP contribution in [-0.4, -0.2) is 54.2 Å². The van der Waals surface area contributed by atoms with Crippen molar-refractivity contribution in [1.82, 2.24) is 10.2 Å². The molecule has 1 fully saturated rings. The van der Waals surface area contributed by atoms with Crippen molar-refractivity contribution in [3.05, 3.63) is 53.3 Å². The second kappa shape index (κ2) is 8.52. The van der Waals surface area contributed by atoms with Crippen LogP contribution in [0.4, 0.5) is 36.4 Å². The molecule has 0 radical (unpaired) electrons. The summed E-state index contributed by atoms with van der Waals surface area (Å²) in [6.07, 6.45) is -11.9. The maximum atomic E-state index is 14.4. The van der Waals surface area contributed by atoms with Gasteiger partial charge in [-0.05, 0) is 35.9 Å². The van der Waals surface area contributed by atoms with Crippen LogP contribution in [0.25, 0.3) is 11.1 Å². The SMILES string of the molecule is O=C1Nc2ccc(-c3cc(C(F)(F)F)ccc3F)cc2C(=O)N2CCNC(OC(=O)C(F)(F)F)[C@@H]12. The second-order valence-corrected chi connectivity index (χ2v) is 7.66. The molecule has 7 nitrogen and oxygen atoms in total. The molecule has 186 valence electrons. The lowest BCUT2D eigenvalue weighted by Gasteiger charge is -2.38. The Morgan fingerprint density at radius 1 is 1.00 bits per heavy atom. The number of nitrogens with zero attached hydrogens (tertiary/aromatic N) is 1. The highest BCUT2D eigenvalue weighted by molar-refractivity contribution is 6.11. The molecule has 2 aliphatic heterocycles. The first-order valence-electron chi connectivity index (χ1n) is 9.91. The number of benzene rings is 2. The van der Waals surface area contributed by atoms with Gasteiger partial charge >= 0.3 is 18.3 Å². The molecule has 2 aromatic carbocycles. The molecule has 2 heterocycles. The van der Waals surface area contributed by atoms with E-state index >= 15 is 0 Å². The minimum absolute atomic E-state index is 0.105. The number of piperazine rings is 1. The molecule has 0 saturated carbocycles. The third kappa shape index (κ3) is 4.65. The van der Waals surface area contributed by atoms with Gasteiger partial charge in [-0.3, -0.25) is 14.9 Å². The van der Waals surface area contributed by atoms with Crippen molar-refractivity contribution in [3.63, 3.8) is 0 Å². The number of alkyl halides is 6. The largest absolute Gasteiger partial charge is 0.490 e. The van der Waals surface area contributed by atoms with Gasteiger partial charge in [-0.25, -0.2) is 9.18 Å². The average molecular weight is 505 g/mol. The number of hydrogen-bond acceptors (Lipinski definition) is 5. The van der Waals surface area contributed by atoms with Crippen LogP contribution in [0, 0.1) is 5.82 Å². The van der Waals surface area contributed by atoms with E-state index in [2.05, 4.69) is 15.4 Å². The second-order valence-electron chi connectivity index (χ2n) is 7.66. The molecule has 2 N–H and O–H groups in total. The van der Waals surface area contributed by atoms with Crippen LogP contribution in [0.1, 0.15) is 15.9 Å². The van der Waals surface area contributed by atoms with Crippen LogP contribution < -0.4 is 10.6 Å². The molecule has 0 bridgehead atoms. The predicted octanol–water partition coefficient (Wildman–Crippen LogP) is 3.31. The summed E-state index contributed by atoms with van der Waals surface area (Å²) in [4.78, 5) is 38.1. The third-order valence-electron chi connectivity index (χ3n) is 5.43. The van der Waals surface area contributed by atoms with E-state index in [1.165, 1.54) is 6.07 Å². The maximum absolute atomic E-state index is 14.4. The van der Waals surface area contributed by atoms with Crippen LogP contribution in [0.15, 0.2) is 36.4 Å². The van der Waals surface area contributed by atoms with Crippen LogP contribution >= 0.6 is 0 Å². The number of ether oxygens (including phenoxy) is 1. The summed E-state index contributed by atoms with van der Waals surface area (Å²) in [6.45, 7) is -0.304. The van der Waals surface area contributed by atoms with Crippen molar-refractivity contribution < 1.29 is 49.9 Å². The molecule has 14 heteroatoms. The number of esters is 1. The normalized spacial score (nSPS) is 20.5. The fraction of sp³-hybridized carbons (Fsp3) is 0.286. The van der Waals surface area contributed by atoms with E-state index in [0.717, 1.165) is 17.0 Å². The molecule has 1 saturated heterocycles. The number of carbonyl (C=O) groups excluding carboxylic acids is 3. The van der Waals surface area contributed by atoms with Crippen molar-refractivity contribution in [3.8, 4) is 11.1 Å². The fourth-order valence-corrected chi connectivity index (χ4v) is 3.82. The number of hydrogen-bond donors (Lipinski definition) is 2. The highest BCUT2D eigenvalue weighted by Gasteiger charge is 2.49. The molecule has 2 aromatic rings. The van der Waals surface area contributed by atoms with Crippen LogP contribution in [0.3, 0.4) is 0 Å². The van der Waals surface area contributed by atoms with Gasteiger partial charge in [0.05, 0.1) is 16.8 Å². The lowest BCUT2D eigenvalue weighted by molar-refractivity contribution is -0.210. The molecule has 4 rings (SSSR count). The summed E-state index contributed by atoms with van der Waals surface area (Å²) in [7, 11) is 0. The van der Waals surface area contributed by atoms with Crippen molar-refractivity contribution in [2.75, 3.05) is 18.4 Å².